The topological polar surface area (TPSA) is 134 Å². The van der Waals surface area contributed by atoms with Crippen LogP contribution in [0.1, 0.15) is 47.9 Å². The van der Waals surface area contributed by atoms with Gasteiger partial charge in [0, 0.05) is 67.1 Å². The molecule has 0 saturated carbocycles. The minimum atomic E-state index is -3.53. The van der Waals surface area contributed by atoms with Gasteiger partial charge in [0.05, 0.1) is 18.8 Å². The molecule has 0 amide bonds. The van der Waals surface area contributed by atoms with E-state index >= 15 is 0 Å². The van der Waals surface area contributed by atoms with Crippen LogP contribution in [0.15, 0.2) is 35.3 Å². The van der Waals surface area contributed by atoms with Crippen molar-refractivity contribution in [1.82, 2.24) is 24.4 Å². The van der Waals surface area contributed by atoms with Crippen LogP contribution < -0.4 is 11.6 Å². The summed E-state index contributed by atoms with van der Waals surface area (Å²) in [5.41, 5.74) is 8.56. The van der Waals surface area contributed by atoms with Crippen LogP contribution in [0.5, 0.6) is 0 Å². The number of hydrogen-bond donors (Lipinski definition) is 3. The number of likely N-dealkylation sites (tertiary alicyclic amines) is 1. The van der Waals surface area contributed by atoms with Gasteiger partial charge in [-0.1, -0.05) is 6.92 Å². The highest BCUT2D eigenvalue weighted by atomic mass is 32.2. The van der Waals surface area contributed by atoms with Gasteiger partial charge in [0.15, 0.2) is 0 Å². The van der Waals surface area contributed by atoms with E-state index in [9.17, 15) is 8.42 Å². The Labute approximate surface area is 218 Å². The van der Waals surface area contributed by atoms with E-state index in [4.69, 9.17) is 16.3 Å². The Morgan fingerprint density at radius 2 is 2.19 bits per heavy atom. The third-order valence-corrected chi connectivity index (χ3v) is 10.4. The zero-order valence-corrected chi connectivity index (χ0v) is 23.0. The highest BCUT2D eigenvalue weighted by molar-refractivity contribution is 7.89. The maximum atomic E-state index is 12.5. The molecule has 2 aromatic rings. The van der Waals surface area contributed by atoms with Crippen molar-refractivity contribution in [3.8, 4) is 0 Å². The van der Waals surface area contributed by atoms with E-state index in [0.29, 0.717) is 37.3 Å². The maximum absolute atomic E-state index is 12.5. The zero-order chi connectivity index (χ0) is 25.9. The lowest BCUT2D eigenvalue weighted by molar-refractivity contribution is 0.126. The number of rotatable bonds is 11. The highest BCUT2D eigenvalue weighted by Crippen LogP contribution is 2.37. The second-order valence-corrected chi connectivity index (χ2v) is 12.9. The van der Waals surface area contributed by atoms with Crippen molar-refractivity contribution in [1.29, 1.82) is 0 Å². The third kappa shape index (κ3) is 5.95. The summed E-state index contributed by atoms with van der Waals surface area (Å²) < 4.78 is 31.8. The molecule has 2 aromatic heterocycles. The Bertz CT molecular complexity index is 1130. The molecule has 2 unspecified atom stereocenters. The van der Waals surface area contributed by atoms with E-state index < -0.39 is 10.0 Å². The summed E-state index contributed by atoms with van der Waals surface area (Å²) in [4.78, 5) is 5.50. The van der Waals surface area contributed by atoms with Crippen LogP contribution in [-0.2, 0) is 27.6 Å². The molecule has 2 atom stereocenters. The van der Waals surface area contributed by atoms with Crippen LogP contribution in [0.3, 0.4) is 0 Å². The number of sulfonamides is 1. The normalized spacial score (nSPS) is 22.6. The number of aromatic nitrogens is 2. The molecule has 0 radical (unpaired) electrons. The number of H-pyrrole nitrogens is 1. The van der Waals surface area contributed by atoms with Crippen LogP contribution in [0.25, 0.3) is 0 Å². The van der Waals surface area contributed by atoms with Crippen molar-refractivity contribution in [3.63, 3.8) is 0 Å². The number of hydrogen-bond acceptors (Lipinski definition) is 9. The molecular formula is C24H39N7O3S2. The van der Waals surface area contributed by atoms with Gasteiger partial charge >= 0.3 is 0 Å². The Morgan fingerprint density at radius 3 is 2.83 bits per heavy atom. The van der Waals surface area contributed by atoms with Gasteiger partial charge in [-0.2, -0.15) is 9.40 Å². The van der Waals surface area contributed by atoms with Gasteiger partial charge < -0.3 is 15.5 Å². The molecule has 4 heterocycles. The summed E-state index contributed by atoms with van der Waals surface area (Å²) in [5.74, 6) is 6.79. The molecule has 10 nitrogen and oxygen atoms in total. The average Bonchev–Trinajstić information content (AvgIpc) is 3.48. The van der Waals surface area contributed by atoms with Gasteiger partial charge in [0.1, 0.15) is 4.90 Å². The standard InChI is InChI=1S/C24H39N7O3S2/c1-4-21-10-23(24(35-21)6-8-34-3)18-5-7-29(17(2)9-18)13-19(25)14-31(26)20-15-30(16-20)36(32,33)22-11-27-28-12-22/h10-12,14,17-18,20H,4-9,13,15-16,25-26H2,1-3H3,(H,27,28)/b19-14-. The SMILES string of the molecule is CCc1cc(C2CCN(C/C(N)=C/N(N)C3CN(S(=O)(=O)c4cn[nH]c4)C3)C(C)C2)c(CCOC)s1. The predicted molar refractivity (Wildman–Crippen MR) is 142 cm³/mol. The molecule has 0 aliphatic carbocycles. The Morgan fingerprint density at radius 1 is 1.42 bits per heavy atom. The number of piperidine rings is 1. The van der Waals surface area contributed by atoms with Crippen LogP contribution >= 0.6 is 11.3 Å². The molecular weight excluding hydrogens is 498 g/mol. The predicted octanol–water partition coefficient (Wildman–Crippen LogP) is 1.84. The minimum Gasteiger partial charge on any atom is -0.400 e. The molecule has 4 rings (SSSR count). The molecule has 2 aliphatic rings. The van der Waals surface area contributed by atoms with Gasteiger partial charge in [-0.3, -0.25) is 10.00 Å². The summed E-state index contributed by atoms with van der Waals surface area (Å²) >= 11 is 1.94. The smallest absolute Gasteiger partial charge is 0.246 e. The molecule has 5 N–H and O–H groups in total. The molecule has 200 valence electrons. The highest BCUT2D eigenvalue weighted by Gasteiger charge is 2.39. The van der Waals surface area contributed by atoms with Crippen molar-refractivity contribution in [3.05, 3.63) is 45.7 Å². The maximum Gasteiger partial charge on any atom is 0.246 e. The van der Waals surface area contributed by atoms with Gasteiger partial charge in [0.2, 0.25) is 10.0 Å². The summed E-state index contributed by atoms with van der Waals surface area (Å²) in [6.45, 7) is 7.51. The number of aryl methyl sites for hydroxylation is 1. The van der Waals surface area contributed by atoms with E-state index in [-0.39, 0.29) is 10.9 Å². The Kier molecular flexibility index (Phi) is 8.74. The van der Waals surface area contributed by atoms with Crippen molar-refractivity contribution < 1.29 is 13.2 Å². The van der Waals surface area contributed by atoms with E-state index in [2.05, 4.69) is 35.0 Å². The monoisotopic (exact) mass is 537 g/mol. The van der Waals surface area contributed by atoms with E-state index in [0.717, 1.165) is 38.8 Å². The van der Waals surface area contributed by atoms with Crippen LogP contribution in [0.2, 0.25) is 0 Å². The molecule has 2 fully saturated rings. The second kappa shape index (κ2) is 11.6. The molecule has 12 heteroatoms. The summed E-state index contributed by atoms with van der Waals surface area (Å²) in [6.07, 6.45) is 8.70. The van der Waals surface area contributed by atoms with Crippen molar-refractivity contribution in [2.75, 3.05) is 39.9 Å². The first-order chi connectivity index (χ1) is 17.2. The number of nitrogens with zero attached hydrogens (tertiary/aromatic N) is 4. The summed E-state index contributed by atoms with van der Waals surface area (Å²) in [6, 6.07) is 2.71. The largest absolute Gasteiger partial charge is 0.400 e. The second-order valence-electron chi connectivity index (χ2n) is 9.79. The number of methoxy groups -OCH3 is 1. The van der Waals surface area contributed by atoms with Gasteiger partial charge in [-0.25, -0.2) is 14.3 Å². The van der Waals surface area contributed by atoms with E-state index in [1.54, 1.807) is 18.3 Å². The summed E-state index contributed by atoms with van der Waals surface area (Å²) in [5, 5.41) is 7.82. The molecule has 2 aliphatic heterocycles. The number of hydrazine groups is 1. The van der Waals surface area contributed by atoms with E-state index in [1.165, 1.54) is 32.0 Å². The average molecular weight is 538 g/mol. The van der Waals surface area contributed by atoms with Crippen molar-refractivity contribution >= 4 is 21.4 Å². The number of nitrogens with two attached hydrogens (primary N) is 2. The zero-order valence-electron chi connectivity index (χ0n) is 21.4. The lowest BCUT2D eigenvalue weighted by atomic mass is 9.85. The fraction of sp³-hybridized carbons (Fsp3) is 0.625. The Hall–Kier alpha value is -1.96. The quantitative estimate of drug-likeness (QED) is 0.292. The number of thiophene rings is 1. The van der Waals surface area contributed by atoms with Gasteiger partial charge in [-0.15, -0.1) is 11.3 Å². The molecule has 2 saturated heterocycles. The number of aromatic amines is 1. The van der Waals surface area contributed by atoms with Crippen molar-refractivity contribution in [2.45, 2.75) is 62.4 Å². The molecule has 36 heavy (non-hydrogen) atoms. The molecule has 0 aromatic carbocycles. The van der Waals surface area contributed by atoms with E-state index in [1.807, 2.05) is 11.3 Å². The lowest BCUT2D eigenvalue weighted by Crippen LogP contribution is -2.61. The van der Waals surface area contributed by atoms with Crippen molar-refractivity contribution in [2.24, 2.45) is 11.6 Å². The van der Waals surface area contributed by atoms with Gasteiger partial charge in [-0.05, 0) is 50.3 Å². The number of nitrogens with one attached hydrogen (secondary N) is 1. The molecule has 0 bridgehead atoms. The summed E-state index contributed by atoms with van der Waals surface area (Å²) in [7, 11) is -1.77. The van der Waals surface area contributed by atoms with Crippen LogP contribution in [0, 0.1) is 0 Å². The first-order valence-electron chi connectivity index (χ1n) is 12.6. The number of ether oxygens (including phenoxy) is 1. The fourth-order valence-electron chi connectivity index (χ4n) is 5.05. The Balaban J connectivity index is 1.29. The van der Waals surface area contributed by atoms with Crippen LogP contribution in [0.4, 0.5) is 0 Å². The fourth-order valence-corrected chi connectivity index (χ4v) is 7.65. The van der Waals surface area contributed by atoms with Gasteiger partial charge in [0.25, 0.3) is 0 Å². The first kappa shape index (κ1) is 27.1. The lowest BCUT2D eigenvalue weighted by Gasteiger charge is -2.42. The third-order valence-electron chi connectivity index (χ3n) is 7.29. The van der Waals surface area contributed by atoms with Crippen LogP contribution in [-0.4, -0.2) is 84.8 Å². The first-order valence-corrected chi connectivity index (χ1v) is 14.8. The minimum absolute atomic E-state index is 0.106. The molecule has 0 spiro atoms.